The molecule has 2 N–H and O–H groups in total. The summed E-state index contributed by atoms with van der Waals surface area (Å²) in [6.07, 6.45) is 0.701. The average molecular weight is 164 g/mol. The van der Waals surface area contributed by atoms with Gasteiger partial charge >= 0.3 is 0 Å². The monoisotopic (exact) mass is 164 g/mol. The molecule has 0 radical (unpaired) electrons. The first-order valence-corrected chi connectivity index (χ1v) is 3.81. The lowest BCUT2D eigenvalue weighted by atomic mass is 10.2. The number of nitrogens with one attached hydrogen (secondary N) is 2. The van der Waals surface area contributed by atoms with Gasteiger partial charge in [-0.2, -0.15) is 0 Å². The Hall–Kier alpha value is -1.51. The maximum absolute atomic E-state index is 10.0. The van der Waals surface area contributed by atoms with E-state index >= 15 is 0 Å². The zero-order valence-electron chi connectivity index (χ0n) is 7.00. The van der Waals surface area contributed by atoms with Crippen LogP contribution < -0.4 is 10.6 Å². The standard InChI is InChI=1S/C9H12N2O/c1-10-9-5-3-2-4-8(9)6-11-7-12/h2-5,7,10H,6H2,1H3,(H,11,12). The van der Waals surface area contributed by atoms with E-state index in [1.165, 1.54) is 0 Å². The van der Waals surface area contributed by atoms with Crippen LogP contribution in [0.4, 0.5) is 5.69 Å². The summed E-state index contributed by atoms with van der Waals surface area (Å²) >= 11 is 0. The average Bonchev–Trinajstić information content (AvgIpc) is 2.15. The Bertz CT molecular complexity index is 260. The third kappa shape index (κ3) is 1.99. The molecule has 0 spiro atoms. The summed E-state index contributed by atoms with van der Waals surface area (Å²) in [6, 6.07) is 7.85. The Morgan fingerprint density at radius 2 is 2.17 bits per heavy atom. The Labute approximate surface area is 71.8 Å². The van der Waals surface area contributed by atoms with Crippen LogP contribution in [0, 0.1) is 0 Å². The van der Waals surface area contributed by atoms with E-state index in [1.54, 1.807) is 0 Å². The van der Waals surface area contributed by atoms with Gasteiger partial charge in [0.2, 0.25) is 6.41 Å². The normalized spacial score (nSPS) is 9.08. The van der Waals surface area contributed by atoms with Crippen LogP contribution in [0.2, 0.25) is 0 Å². The molecular formula is C9H12N2O. The molecule has 0 aliphatic carbocycles. The molecule has 1 aromatic carbocycles. The number of para-hydroxylation sites is 1. The topological polar surface area (TPSA) is 41.1 Å². The maximum Gasteiger partial charge on any atom is 0.207 e. The number of hydrogen-bond acceptors (Lipinski definition) is 2. The van der Waals surface area contributed by atoms with Crippen molar-refractivity contribution in [2.45, 2.75) is 6.54 Å². The Balaban J connectivity index is 2.74. The van der Waals surface area contributed by atoms with Gasteiger partial charge in [0.05, 0.1) is 0 Å². The zero-order valence-corrected chi connectivity index (χ0v) is 7.00. The minimum Gasteiger partial charge on any atom is -0.388 e. The van der Waals surface area contributed by atoms with Gasteiger partial charge in [-0.3, -0.25) is 4.79 Å². The van der Waals surface area contributed by atoms with Gasteiger partial charge in [0, 0.05) is 19.3 Å². The molecule has 1 amide bonds. The zero-order chi connectivity index (χ0) is 8.81. The lowest BCUT2D eigenvalue weighted by Crippen LogP contribution is -2.11. The number of benzene rings is 1. The Kier molecular flexibility index (Phi) is 3.14. The van der Waals surface area contributed by atoms with Gasteiger partial charge < -0.3 is 10.6 Å². The molecule has 0 aliphatic heterocycles. The fraction of sp³-hybridized carbons (Fsp3) is 0.222. The number of carbonyl (C=O) groups is 1. The molecule has 0 fully saturated rings. The van der Waals surface area contributed by atoms with E-state index in [4.69, 9.17) is 0 Å². The van der Waals surface area contributed by atoms with Gasteiger partial charge in [-0.05, 0) is 11.6 Å². The van der Waals surface area contributed by atoms with Crippen molar-refractivity contribution in [1.82, 2.24) is 5.32 Å². The molecule has 3 nitrogen and oxygen atoms in total. The van der Waals surface area contributed by atoms with Crippen molar-refractivity contribution in [2.75, 3.05) is 12.4 Å². The molecule has 0 unspecified atom stereocenters. The maximum atomic E-state index is 10.0. The van der Waals surface area contributed by atoms with Gasteiger partial charge in [-0.25, -0.2) is 0 Å². The van der Waals surface area contributed by atoms with Crippen molar-refractivity contribution < 1.29 is 4.79 Å². The highest BCUT2D eigenvalue weighted by Crippen LogP contribution is 2.12. The van der Waals surface area contributed by atoms with Gasteiger partial charge in [0.15, 0.2) is 0 Å². The predicted molar refractivity (Wildman–Crippen MR) is 48.9 cm³/mol. The van der Waals surface area contributed by atoms with Crippen LogP contribution >= 0.6 is 0 Å². The summed E-state index contributed by atoms with van der Waals surface area (Å²) in [4.78, 5) is 10.0. The number of carbonyl (C=O) groups excluding carboxylic acids is 1. The number of amides is 1. The summed E-state index contributed by atoms with van der Waals surface area (Å²) in [7, 11) is 1.86. The van der Waals surface area contributed by atoms with Crippen LogP contribution in [0.15, 0.2) is 24.3 Å². The largest absolute Gasteiger partial charge is 0.388 e. The first kappa shape index (κ1) is 8.59. The van der Waals surface area contributed by atoms with Gasteiger partial charge in [0.1, 0.15) is 0 Å². The minimum atomic E-state index is 0.570. The van der Waals surface area contributed by atoms with E-state index in [0.717, 1.165) is 11.3 Å². The molecule has 12 heavy (non-hydrogen) atoms. The van der Waals surface area contributed by atoms with Crippen LogP contribution in [0.25, 0.3) is 0 Å². The second-order valence-corrected chi connectivity index (χ2v) is 2.41. The van der Waals surface area contributed by atoms with Crippen molar-refractivity contribution in [3.63, 3.8) is 0 Å². The Morgan fingerprint density at radius 1 is 1.42 bits per heavy atom. The molecule has 64 valence electrons. The summed E-state index contributed by atoms with van der Waals surface area (Å²) in [5, 5.41) is 5.67. The molecule has 0 saturated heterocycles. The first-order chi connectivity index (χ1) is 5.88. The highest BCUT2D eigenvalue weighted by molar-refractivity contribution is 5.53. The third-order valence-electron chi connectivity index (χ3n) is 1.66. The highest BCUT2D eigenvalue weighted by atomic mass is 16.1. The molecular weight excluding hydrogens is 152 g/mol. The second-order valence-electron chi connectivity index (χ2n) is 2.41. The minimum absolute atomic E-state index is 0.570. The van der Waals surface area contributed by atoms with E-state index in [-0.39, 0.29) is 0 Å². The van der Waals surface area contributed by atoms with Crippen molar-refractivity contribution >= 4 is 12.1 Å². The van der Waals surface area contributed by atoms with Crippen molar-refractivity contribution in [3.05, 3.63) is 29.8 Å². The van der Waals surface area contributed by atoms with Crippen LogP contribution in [-0.4, -0.2) is 13.5 Å². The van der Waals surface area contributed by atoms with E-state index in [9.17, 15) is 4.79 Å². The van der Waals surface area contributed by atoms with Gasteiger partial charge in [-0.15, -0.1) is 0 Å². The van der Waals surface area contributed by atoms with Gasteiger partial charge in [0.25, 0.3) is 0 Å². The fourth-order valence-electron chi connectivity index (χ4n) is 1.07. The lowest BCUT2D eigenvalue weighted by molar-refractivity contribution is -0.109. The molecule has 0 bridgehead atoms. The predicted octanol–water partition coefficient (Wildman–Crippen LogP) is 0.974. The summed E-state index contributed by atoms with van der Waals surface area (Å²) in [5.74, 6) is 0. The van der Waals surface area contributed by atoms with E-state index in [0.29, 0.717) is 13.0 Å². The molecule has 0 saturated carbocycles. The van der Waals surface area contributed by atoms with Crippen molar-refractivity contribution in [3.8, 4) is 0 Å². The van der Waals surface area contributed by atoms with Crippen LogP contribution in [0.1, 0.15) is 5.56 Å². The first-order valence-electron chi connectivity index (χ1n) is 3.81. The number of rotatable bonds is 4. The van der Waals surface area contributed by atoms with Crippen molar-refractivity contribution in [2.24, 2.45) is 0 Å². The summed E-state index contributed by atoms with van der Waals surface area (Å²) in [5.41, 5.74) is 2.14. The van der Waals surface area contributed by atoms with E-state index in [2.05, 4.69) is 10.6 Å². The molecule has 1 rings (SSSR count). The fourth-order valence-corrected chi connectivity index (χ4v) is 1.07. The summed E-state index contributed by atoms with van der Waals surface area (Å²) in [6.45, 7) is 0.570. The smallest absolute Gasteiger partial charge is 0.207 e. The third-order valence-corrected chi connectivity index (χ3v) is 1.66. The SMILES string of the molecule is CNc1ccccc1CNC=O. The highest BCUT2D eigenvalue weighted by Gasteiger charge is 1.96. The molecule has 0 atom stereocenters. The number of anilines is 1. The molecule has 1 aromatic rings. The Morgan fingerprint density at radius 3 is 2.83 bits per heavy atom. The molecule has 0 aliphatic rings. The van der Waals surface area contributed by atoms with Crippen molar-refractivity contribution in [1.29, 1.82) is 0 Å². The lowest BCUT2D eigenvalue weighted by Gasteiger charge is -2.06. The van der Waals surface area contributed by atoms with E-state index < -0.39 is 0 Å². The van der Waals surface area contributed by atoms with E-state index in [1.807, 2.05) is 31.3 Å². The van der Waals surface area contributed by atoms with Crippen LogP contribution in [0.3, 0.4) is 0 Å². The second kappa shape index (κ2) is 4.38. The molecule has 3 heteroatoms. The summed E-state index contributed by atoms with van der Waals surface area (Å²) < 4.78 is 0. The van der Waals surface area contributed by atoms with Crippen LogP contribution in [0.5, 0.6) is 0 Å². The quantitative estimate of drug-likeness (QED) is 0.651. The van der Waals surface area contributed by atoms with Gasteiger partial charge in [-0.1, -0.05) is 18.2 Å². The molecule has 0 heterocycles. The van der Waals surface area contributed by atoms with Crippen LogP contribution in [-0.2, 0) is 11.3 Å². The molecule has 0 aromatic heterocycles. The number of hydrogen-bond donors (Lipinski definition) is 2.